The van der Waals surface area contributed by atoms with Crippen molar-refractivity contribution in [3.05, 3.63) is 71.5 Å². The molecule has 1 N–H and O–H groups in total. The number of halogens is 1. The Bertz CT molecular complexity index is 620. The van der Waals surface area contributed by atoms with Crippen molar-refractivity contribution in [3.8, 4) is 0 Å². The van der Waals surface area contributed by atoms with Gasteiger partial charge in [0.15, 0.2) is 0 Å². The van der Waals surface area contributed by atoms with Crippen LogP contribution in [0.25, 0.3) is 0 Å². The molecule has 102 valence electrons. The van der Waals surface area contributed by atoms with Crippen LogP contribution in [0.1, 0.15) is 24.0 Å². The minimum absolute atomic E-state index is 0.0774. The Morgan fingerprint density at radius 3 is 2.35 bits per heavy atom. The fourth-order valence-electron chi connectivity index (χ4n) is 2.54. The van der Waals surface area contributed by atoms with Crippen molar-refractivity contribution in [2.45, 2.75) is 24.8 Å². The smallest absolute Gasteiger partial charge is 0.231 e. The van der Waals surface area contributed by atoms with Crippen molar-refractivity contribution in [2.75, 3.05) is 0 Å². The summed E-state index contributed by atoms with van der Waals surface area (Å²) in [6.07, 6.45) is 1.43. The molecule has 0 atom stereocenters. The van der Waals surface area contributed by atoms with Gasteiger partial charge in [0.2, 0.25) is 5.91 Å². The van der Waals surface area contributed by atoms with Gasteiger partial charge in [-0.1, -0.05) is 48.5 Å². The molecule has 3 heteroatoms. The van der Waals surface area contributed by atoms with Crippen molar-refractivity contribution in [1.29, 1.82) is 0 Å². The highest BCUT2D eigenvalue weighted by Gasteiger charge is 2.52. The molecule has 0 aromatic heterocycles. The summed E-state index contributed by atoms with van der Waals surface area (Å²) in [6.45, 7) is 0.482. The average molecular weight is 269 g/mol. The van der Waals surface area contributed by atoms with Gasteiger partial charge in [0.25, 0.3) is 0 Å². The van der Waals surface area contributed by atoms with Crippen molar-refractivity contribution in [1.82, 2.24) is 5.32 Å². The molecule has 0 radical (unpaired) electrons. The van der Waals surface area contributed by atoms with Crippen molar-refractivity contribution in [2.24, 2.45) is 0 Å². The molecular formula is C17H16FNO. The third-order valence-electron chi connectivity index (χ3n) is 3.87. The van der Waals surface area contributed by atoms with Crippen LogP contribution in [0, 0.1) is 5.82 Å². The van der Waals surface area contributed by atoms with Crippen molar-refractivity contribution >= 4 is 5.91 Å². The summed E-state index contributed by atoms with van der Waals surface area (Å²) >= 11 is 0. The molecule has 2 aromatic rings. The number of hydrogen-bond donors (Lipinski definition) is 1. The fraction of sp³-hybridized carbons (Fsp3) is 0.235. The molecule has 1 fully saturated rings. The van der Waals surface area contributed by atoms with Gasteiger partial charge >= 0.3 is 0 Å². The molecule has 1 aliphatic carbocycles. The highest BCUT2D eigenvalue weighted by molar-refractivity contribution is 5.91. The number of amides is 1. The SMILES string of the molecule is O=C(NCc1ccccc1)C1(c2ccccc2F)CC1. The van der Waals surface area contributed by atoms with Crippen LogP contribution in [0.5, 0.6) is 0 Å². The average Bonchev–Trinajstić information content (AvgIpc) is 3.28. The third kappa shape index (κ3) is 2.31. The number of rotatable bonds is 4. The first-order valence-electron chi connectivity index (χ1n) is 6.80. The van der Waals surface area contributed by atoms with Gasteiger partial charge in [-0.2, -0.15) is 0 Å². The van der Waals surface area contributed by atoms with Crippen LogP contribution in [0.2, 0.25) is 0 Å². The van der Waals surface area contributed by atoms with Crippen molar-refractivity contribution in [3.63, 3.8) is 0 Å². The molecule has 1 saturated carbocycles. The molecular weight excluding hydrogens is 253 g/mol. The maximum absolute atomic E-state index is 13.9. The Balaban J connectivity index is 1.73. The molecule has 2 aromatic carbocycles. The van der Waals surface area contributed by atoms with Gasteiger partial charge in [-0.3, -0.25) is 4.79 Å². The minimum Gasteiger partial charge on any atom is -0.351 e. The quantitative estimate of drug-likeness (QED) is 0.907. The molecule has 0 aliphatic heterocycles. The standard InChI is InChI=1S/C17H16FNO/c18-15-9-5-4-8-14(15)17(10-11-17)16(20)19-12-13-6-2-1-3-7-13/h1-9H,10-12H2,(H,19,20). The van der Waals surface area contributed by atoms with E-state index in [9.17, 15) is 9.18 Å². The highest BCUT2D eigenvalue weighted by Crippen LogP contribution is 2.49. The number of hydrogen-bond acceptors (Lipinski definition) is 1. The van der Waals surface area contributed by atoms with Crippen LogP contribution in [0.15, 0.2) is 54.6 Å². The van der Waals surface area contributed by atoms with Gasteiger partial charge in [0.05, 0.1) is 5.41 Å². The van der Waals surface area contributed by atoms with Gasteiger partial charge in [0.1, 0.15) is 5.82 Å². The predicted octanol–water partition coefficient (Wildman–Crippen LogP) is 3.17. The molecule has 0 saturated heterocycles. The molecule has 20 heavy (non-hydrogen) atoms. The Morgan fingerprint density at radius 1 is 1.05 bits per heavy atom. The predicted molar refractivity (Wildman–Crippen MR) is 75.6 cm³/mol. The van der Waals surface area contributed by atoms with Gasteiger partial charge in [-0.15, -0.1) is 0 Å². The summed E-state index contributed by atoms with van der Waals surface area (Å²) in [7, 11) is 0. The second kappa shape index (κ2) is 5.08. The van der Waals surface area contributed by atoms with E-state index in [0.717, 1.165) is 5.56 Å². The molecule has 3 rings (SSSR count). The van der Waals surface area contributed by atoms with E-state index >= 15 is 0 Å². The zero-order valence-electron chi connectivity index (χ0n) is 11.1. The minimum atomic E-state index is -0.653. The number of carbonyl (C=O) groups excluding carboxylic acids is 1. The van der Waals surface area contributed by atoms with Gasteiger partial charge in [0, 0.05) is 12.1 Å². The first kappa shape index (κ1) is 12.9. The lowest BCUT2D eigenvalue weighted by molar-refractivity contribution is -0.123. The van der Waals surface area contributed by atoms with E-state index in [4.69, 9.17) is 0 Å². The van der Waals surface area contributed by atoms with Crippen LogP contribution in [0.4, 0.5) is 4.39 Å². The summed E-state index contributed by atoms with van der Waals surface area (Å²) in [4.78, 5) is 12.4. The summed E-state index contributed by atoms with van der Waals surface area (Å²) in [5.41, 5.74) is 0.913. The molecule has 0 spiro atoms. The third-order valence-corrected chi connectivity index (χ3v) is 3.87. The van der Waals surface area contributed by atoms with Crippen LogP contribution in [-0.2, 0) is 16.8 Å². The molecule has 2 nitrogen and oxygen atoms in total. The molecule has 0 unspecified atom stereocenters. The highest BCUT2D eigenvalue weighted by atomic mass is 19.1. The summed E-state index contributed by atoms with van der Waals surface area (Å²) in [5, 5.41) is 2.92. The van der Waals surface area contributed by atoms with E-state index in [2.05, 4.69) is 5.32 Å². The Hall–Kier alpha value is -2.16. The maximum atomic E-state index is 13.9. The van der Waals surface area contributed by atoms with Gasteiger partial charge in [-0.25, -0.2) is 4.39 Å². The Kier molecular flexibility index (Phi) is 3.26. The lowest BCUT2D eigenvalue weighted by Crippen LogP contribution is -2.34. The fourth-order valence-corrected chi connectivity index (χ4v) is 2.54. The van der Waals surface area contributed by atoms with E-state index in [0.29, 0.717) is 24.9 Å². The first-order valence-corrected chi connectivity index (χ1v) is 6.80. The second-order valence-corrected chi connectivity index (χ2v) is 5.23. The normalized spacial score (nSPS) is 15.7. The summed E-state index contributed by atoms with van der Waals surface area (Å²) < 4.78 is 13.9. The van der Waals surface area contributed by atoms with Crippen LogP contribution in [-0.4, -0.2) is 5.91 Å². The second-order valence-electron chi connectivity index (χ2n) is 5.23. The summed E-state index contributed by atoms with van der Waals surface area (Å²) in [6, 6.07) is 16.3. The van der Waals surface area contributed by atoms with Crippen molar-refractivity contribution < 1.29 is 9.18 Å². The molecule has 1 amide bonds. The van der Waals surface area contributed by atoms with Gasteiger partial charge < -0.3 is 5.32 Å². The lowest BCUT2D eigenvalue weighted by atomic mass is 9.94. The van der Waals surface area contributed by atoms with E-state index < -0.39 is 5.41 Å². The van der Waals surface area contributed by atoms with Crippen LogP contribution >= 0.6 is 0 Å². The van der Waals surface area contributed by atoms with Gasteiger partial charge in [-0.05, 0) is 24.5 Å². The van der Waals surface area contributed by atoms with E-state index in [-0.39, 0.29) is 11.7 Å². The largest absolute Gasteiger partial charge is 0.351 e. The lowest BCUT2D eigenvalue weighted by Gasteiger charge is -2.16. The van der Waals surface area contributed by atoms with E-state index in [1.54, 1.807) is 18.2 Å². The maximum Gasteiger partial charge on any atom is 0.231 e. The molecule has 0 heterocycles. The zero-order valence-corrected chi connectivity index (χ0v) is 11.1. The Morgan fingerprint density at radius 2 is 1.70 bits per heavy atom. The number of benzene rings is 2. The van der Waals surface area contributed by atoms with E-state index in [1.165, 1.54) is 6.07 Å². The van der Waals surface area contributed by atoms with Crippen LogP contribution in [0.3, 0.4) is 0 Å². The zero-order chi connectivity index (χ0) is 14.0. The first-order chi connectivity index (χ1) is 9.72. The molecule has 0 bridgehead atoms. The van der Waals surface area contributed by atoms with E-state index in [1.807, 2.05) is 30.3 Å². The molecule has 1 aliphatic rings. The number of carbonyl (C=O) groups is 1. The summed E-state index contributed by atoms with van der Waals surface area (Å²) in [5.74, 6) is -0.369. The number of nitrogens with one attached hydrogen (secondary N) is 1. The monoisotopic (exact) mass is 269 g/mol. The Labute approximate surface area is 117 Å². The topological polar surface area (TPSA) is 29.1 Å². The van der Waals surface area contributed by atoms with Crippen LogP contribution < -0.4 is 5.32 Å².